The largest absolute Gasteiger partial charge is 0.465 e. The smallest absolute Gasteiger partial charge is 0.323 e. The van der Waals surface area contributed by atoms with Crippen molar-refractivity contribution in [2.75, 3.05) is 26.4 Å². The lowest BCUT2D eigenvalue weighted by atomic mass is 10.0. The zero-order valence-electron chi connectivity index (χ0n) is 27.9. The maximum absolute atomic E-state index is 14.4. The molecule has 0 saturated heterocycles. The van der Waals surface area contributed by atoms with Gasteiger partial charge in [-0.2, -0.15) is 0 Å². The second-order valence-electron chi connectivity index (χ2n) is 11.9. The predicted octanol–water partition coefficient (Wildman–Crippen LogP) is 6.35. The van der Waals surface area contributed by atoms with Crippen LogP contribution in [-0.4, -0.2) is 61.4 Å². The van der Waals surface area contributed by atoms with Gasteiger partial charge in [0.1, 0.15) is 18.7 Å². The highest BCUT2D eigenvalue weighted by Gasteiger charge is 2.35. The van der Waals surface area contributed by atoms with Crippen LogP contribution in [-0.2, 0) is 39.9 Å². The summed E-state index contributed by atoms with van der Waals surface area (Å²) in [6.45, 7) is 11.8. The number of carbonyl (C=O) groups is 3. The lowest BCUT2D eigenvalue weighted by Crippen LogP contribution is -2.45. The standard InChI is InChI=1S/C34H52N3O7P/c1-8-42-33(39)30(22-25(3)4)35-45(41,36-31(23-26(5)6)34(40)43-9-2)21-13-16-32(38)37(7)44-24-27-17-19-29(20-18-27)28-14-11-10-12-15-28/h10-12,14-15,17-20,25-26,30-31H,8-9,13,16,21-24H2,1-7H3,(H2,35,36,41)/t30-,31-/m0/s1. The molecule has 11 heteroatoms. The third-order valence-electron chi connectivity index (χ3n) is 6.99. The maximum Gasteiger partial charge on any atom is 0.323 e. The number of nitrogens with zero attached hydrogens (tertiary/aromatic N) is 1. The van der Waals surface area contributed by atoms with Gasteiger partial charge in [0.25, 0.3) is 0 Å². The summed E-state index contributed by atoms with van der Waals surface area (Å²) < 4.78 is 24.9. The molecule has 2 atom stereocenters. The van der Waals surface area contributed by atoms with Crippen LogP contribution >= 0.6 is 7.44 Å². The topological polar surface area (TPSA) is 123 Å². The van der Waals surface area contributed by atoms with Crippen LogP contribution in [0.25, 0.3) is 11.1 Å². The lowest BCUT2D eigenvalue weighted by Gasteiger charge is -2.30. The van der Waals surface area contributed by atoms with E-state index in [2.05, 4.69) is 10.2 Å². The van der Waals surface area contributed by atoms with Crippen molar-refractivity contribution in [1.29, 1.82) is 0 Å². The minimum Gasteiger partial charge on any atom is -0.465 e. The fraction of sp³-hybridized carbons (Fsp3) is 0.559. The van der Waals surface area contributed by atoms with Crippen LogP contribution in [0.1, 0.15) is 72.8 Å². The second kappa shape index (κ2) is 19.5. The molecule has 1 amide bonds. The molecule has 0 saturated carbocycles. The van der Waals surface area contributed by atoms with Crippen LogP contribution in [0.2, 0.25) is 0 Å². The van der Waals surface area contributed by atoms with E-state index in [9.17, 15) is 18.9 Å². The summed E-state index contributed by atoms with van der Waals surface area (Å²) in [6.07, 6.45) is 1.08. The minimum absolute atomic E-state index is 0.0233. The zero-order chi connectivity index (χ0) is 33.4. The van der Waals surface area contributed by atoms with Crippen molar-refractivity contribution in [2.24, 2.45) is 11.8 Å². The van der Waals surface area contributed by atoms with E-state index in [4.69, 9.17) is 14.3 Å². The van der Waals surface area contributed by atoms with Gasteiger partial charge in [-0.05, 0) is 61.6 Å². The number of carbonyl (C=O) groups excluding carboxylic acids is 3. The van der Waals surface area contributed by atoms with Crippen LogP contribution in [0.4, 0.5) is 0 Å². The Morgan fingerprint density at radius 1 is 0.778 bits per heavy atom. The molecular weight excluding hydrogens is 593 g/mol. The van der Waals surface area contributed by atoms with Crippen LogP contribution in [0.5, 0.6) is 0 Å². The number of esters is 2. The van der Waals surface area contributed by atoms with E-state index in [1.807, 2.05) is 82.3 Å². The average molecular weight is 646 g/mol. The molecule has 0 fully saturated rings. The quantitative estimate of drug-likeness (QED) is 0.0963. The van der Waals surface area contributed by atoms with E-state index in [1.54, 1.807) is 20.9 Å². The maximum atomic E-state index is 14.4. The van der Waals surface area contributed by atoms with Gasteiger partial charge in [0, 0.05) is 19.6 Å². The number of hydrogen-bond acceptors (Lipinski definition) is 7. The van der Waals surface area contributed by atoms with E-state index >= 15 is 0 Å². The third kappa shape index (κ3) is 13.9. The molecule has 2 aromatic rings. The molecule has 2 N–H and O–H groups in total. The van der Waals surface area contributed by atoms with Crippen molar-refractivity contribution >= 4 is 25.3 Å². The molecule has 0 spiro atoms. The molecule has 0 unspecified atom stereocenters. The molecule has 0 radical (unpaired) electrons. The molecule has 0 aliphatic rings. The van der Waals surface area contributed by atoms with Crippen molar-refractivity contribution < 1.29 is 33.3 Å². The molecule has 45 heavy (non-hydrogen) atoms. The van der Waals surface area contributed by atoms with Crippen LogP contribution in [0.15, 0.2) is 54.6 Å². The number of hydroxylamine groups is 2. The fourth-order valence-corrected chi connectivity index (χ4v) is 7.14. The summed E-state index contributed by atoms with van der Waals surface area (Å²) in [6, 6.07) is 16.3. The summed E-state index contributed by atoms with van der Waals surface area (Å²) in [5, 5.41) is 7.23. The summed E-state index contributed by atoms with van der Waals surface area (Å²) in [4.78, 5) is 44.3. The van der Waals surface area contributed by atoms with Gasteiger partial charge in [-0.25, -0.2) is 15.2 Å². The summed E-state index contributed by atoms with van der Waals surface area (Å²) in [5.74, 6) is -1.08. The first kappa shape index (κ1) is 38.1. The highest BCUT2D eigenvalue weighted by molar-refractivity contribution is 7.59. The Morgan fingerprint density at radius 2 is 1.27 bits per heavy atom. The van der Waals surface area contributed by atoms with Crippen LogP contribution < -0.4 is 10.2 Å². The van der Waals surface area contributed by atoms with E-state index in [0.717, 1.165) is 16.7 Å². The minimum atomic E-state index is -3.59. The van der Waals surface area contributed by atoms with Gasteiger partial charge in [0.15, 0.2) is 0 Å². The number of benzene rings is 2. The highest BCUT2D eigenvalue weighted by Crippen LogP contribution is 2.40. The predicted molar refractivity (Wildman–Crippen MR) is 177 cm³/mol. The zero-order valence-corrected chi connectivity index (χ0v) is 28.8. The number of ether oxygens (including phenoxy) is 2. The van der Waals surface area contributed by atoms with E-state index in [-0.39, 0.29) is 56.6 Å². The van der Waals surface area contributed by atoms with Crippen molar-refractivity contribution in [3.63, 3.8) is 0 Å². The summed E-state index contributed by atoms with van der Waals surface area (Å²) >= 11 is 0. The second-order valence-corrected chi connectivity index (χ2v) is 14.4. The summed E-state index contributed by atoms with van der Waals surface area (Å²) in [5.41, 5.74) is 3.12. The number of hydrogen-bond donors (Lipinski definition) is 2. The molecule has 0 aromatic heterocycles. The Labute approximate surface area is 269 Å². The number of rotatable bonds is 20. The first-order valence-corrected chi connectivity index (χ1v) is 17.8. The summed E-state index contributed by atoms with van der Waals surface area (Å²) in [7, 11) is -2.04. The lowest BCUT2D eigenvalue weighted by molar-refractivity contribution is -0.182. The molecule has 0 bridgehead atoms. The molecular formula is C34H52N3O7P. The molecule has 0 heterocycles. The Kier molecular flexibility index (Phi) is 16.5. The van der Waals surface area contributed by atoms with Gasteiger partial charge in [-0.1, -0.05) is 82.3 Å². The van der Waals surface area contributed by atoms with E-state index in [1.165, 1.54) is 5.06 Å². The molecule has 2 aromatic carbocycles. The van der Waals surface area contributed by atoms with Crippen LogP contribution in [0.3, 0.4) is 0 Å². The first-order chi connectivity index (χ1) is 21.4. The van der Waals surface area contributed by atoms with E-state index in [0.29, 0.717) is 12.8 Å². The molecule has 10 nitrogen and oxygen atoms in total. The van der Waals surface area contributed by atoms with Crippen LogP contribution in [0, 0.1) is 11.8 Å². The van der Waals surface area contributed by atoms with Gasteiger partial charge < -0.3 is 9.47 Å². The third-order valence-corrected chi connectivity index (χ3v) is 9.39. The Balaban J connectivity index is 2.08. The Bertz CT molecular complexity index is 1200. The molecule has 0 aliphatic carbocycles. The normalized spacial score (nSPS) is 13.0. The molecule has 250 valence electrons. The highest BCUT2D eigenvalue weighted by atomic mass is 31.2. The van der Waals surface area contributed by atoms with Crippen molar-refractivity contribution in [3.8, 4) is 11.1 Å². The van der Waals surface area contributed by atoms with Gasteiger partial charge in [-0.15, -0.1) is 0 Å². The SMILES string of the molecule is CCOC(=O)[C@H](CC(C)C)NP(=O)(CCCC(=O)N(C)OCc1ccc(-c2ccccc2)cc1)N[C@@H](CC(C)C)C(=O)OCC. The Hall–Kier alpha value is -3.04. The van der Waals surface area contributed by atoms with E-state index < -0.39 is 31.5 Å². The number of nitrogens with one attached hydrogen (secondary N) is 2. The molecule has 0 aliphatic heterocycles. The average Bonchev–Trinajstić information content (AvgIpc) is 2.99. The fourth-order valence-electron chi connectivity index (χ4n) is 4.78. The number of amides is 1. The van der Waals surface area contributed by atoms with Crippen molar-refractivity contribution in [2.45, 2.75) is 85.9 Å². The van der Waals surface area contributed by atoms with Crippen molar-refractivity contribution in [3.05, 3.63) is 60.2 Å². The van der Waals surface area contributed by atoms with Crippen molar-refractivity contribution in [1.82, 2.24) is 15.2 Å². The molecule has 2 rings (SSSR count). The van der Waals surface area contributed by atoms with Gasteiger partial charge in [-0.3, -0.25) is 23.8 Å². The van der Waals surface area contributed by atoms with Gasteiger partial charge in [0.2, 0.25) is 13.4 Å². The Morgan fingerprint density at radius 3 is 1.73 bits per heavy atom. The first-order valence-electron chi connectivity index (χ1n) is 15.9. The monoisotopic (exact) mass is 645 g/mol. The van der Waals surface area contributed by atoms with Gasteiger partial charge >= 0.3 is 11.9 Å². The van der Waals surface area contributed by atoms with Gasteiger partial charge in [0.05, 0.1) is 13.2 Å².